The second-order valence-electron chi connectivity index (χ2n) is 6.14. The van der Waals surface area contributed by atoms with E-state index in [-0.39, 0.29) is 23.3 Å². The van der Waals surface area contributed by atoms with Gasteiger partial charge in [-0.2, -0.15) is 5.26 Å². The van der Waals surface area contributed by atoms with Crippen LogP contribution in [0.5, 0.6) is 0 Å². The number of amides is 1. The van der Waals surface area contributed by atoms with E-state index in [9.17, 15) is 4.79 Å². The van der Waals surface area contributed by atoms with Gasteiger partial charge in [0, 0.05) is 25.7 Å². The molecule has 0 saturated carbocycles. The number of carbonyl (C=O) groups is 1. The highest BCUT2D eigenvalue weighted by Gasteiger charge is 2.18. The summed E-state index contributed by atoms with van der Waals surface area (Å²) < 4.78 is 0. The summed E-state index contributed by atoms with van der Waals surface area (Å²) in [6.07, 6.45) is 6.07. The van der Waals surface area contributed by atoms with Crippen LogP contribution >= 0.6 is 0 Å². The van der Waals surface area contributed by atoms with Crippen molar-refractivity contribution in [3.63, 3.8) is 0 Å². The van der Waals surface area contributed by atoms with Crippen molar-refractivity contribution in [2.75, 3.05) is 30.8 Å². The lowest BCUT2D eigenvalue weighted by Crippen LogP contribution is -2.32. The molecule has 3 rings (SSSR count). The maximum absolute atomic E-state index is 12.1. The minimum absolute atomic E-state index is 0.197. The molecule has 140 valence electrons. The van der Waals surface area contributed by atoms with Crippen LogP contribution in [0, 0.1) is 11.3 Å². The molecule has 1 fully saturated rings. The molecule has 2 aromatic rings. The Balaban J connectivity index is 1.82. The molecule has 4 N–H and O–H groups in total. The molecule has 1 aliphatic rings. The van der Waals surface area contributed by atoms with Crippen molar-refractivity contribution in [1.29, 1.82) is 5.26 Å². The first-order chi connectivity index (χ1) is 13.2. The molecule has 1 aliphatic heterocycles. The lowest BCUT2D eigenvalue weighted by Gasteiger charge is -2.19. The van der Waals surface area contributed by atoms with Crippen LogP contribution in [0.25, 0.3) is 0 Å². The Labute approximate surface area is 156 Å². The molecule has 0 bridgehead atoms. The molecule has 1 atom stereocenters. The van der Waals surface area contributed by atoms with Gasteiger partial charge in [-0.05, 0) is 19.4 Å². The van der Waals surface area contributed by atoms with E-state index in [1.807, 2.05) is 6.07 Å². The summed E-state index contributed by atoms with van der Waals surface area (Å²) in [7, 11) is 1.56. The highest BCUT2D eigenvalue weighted by atomic mass is 16.1. The third kappa shape index (κ3) is 4.86. The molecule has 10 nitrogen and oxygen atoms in total. The fourth-order valence-corrected chi connectivity index (χ4v) is 2.79. The van der Waals surface area contributed by atoms with Gasteiger partial charge in [0.15, 0.2) is 17.2 Å². The van der Waals surface area contributed by atoms with Gasteiger partial charge in [0.1, 0.15) is 11.9 Å². The van der Waals surface area contributed by atoms with E-state index in [4.69, 9.17) is 5.26 Å². The smallest absolute Gasteiger partial charge is 0.273 e. The number of carbonyl (C=O) groups excluding carboxylic acids is 1. The van der Waals surface area contributed by atoms with Crippen LogP contribution in [-0.2, 0) is 0 Å². The van der Waals surface area contributed by atoms with Crippen molar-refractivity contribution in [3.8, 4) is 6.07 Å². The minimum atomic E-state index is -0.309. The van der Waals surface area contributed by atoms with Crippen molar-refractivity contribution in [2.45, 2.75) is 25.3 Å². The van der Waals surface area contributed by atoms with Gasteiger partial charge in [-0.1, -0.05) is 6.42 Å². The molecule has 3 heterocycles. The Morgan fingerprint density at radius 2 is 2.15 bits per heavy atom. The van der Waals surface area contributed by atoms with Crippen molar-refractivity contribution < 1.29 is 4.79 Å². The van der Waals surface area contributed by atoms with E-state index in [1.165, 1.54) is 12.4 Å². The van der Waals surface area contributed by atoms with Crippen LogP contribution in [0.2, 0.25) is 0 Å². The van der Waals surface area contributed by atoms with Crippen LogP contribution in [0.15, 0.2) is 18.5 Å². The summed E-state index contributed by atoms with van der Waals surface area (Å²) in [5, 5.41) is 29.3. The number of anilines is 3. The van der Waals surface area contributed by atoms with Crippen LogP contribution in [0.4, 0.5) is 17.3 Å². The van der Waals surface area contributed by atoms with Crippen LogP contribution < -0.4 is 21.3 Å². The molecule has 1 unspecified atom stereocenters. The van der Waals surface area contributed by atoms with E-state index in [0.29, 0.717) is 17.3 Å². The molecule has 2 aromatic heterocycles. The molecule has 0 aliphatic carbocycles. The summed E-state index contributed by atoms with van der Waals surface area (Å²) in [6.45, 7) is 1.82. The zero-order valence-corrected chi connectivity index (χ0v) is 15.0. The zero-order valence-electron chi connectivity index (χ0n) is 15.0. The highest BCUT2D eigenvalue weighted by molar-refractivity contribution is 5.97. The van der Waals surface area contributed by atoms with Gasteiger partial charge in [0.25, 0.3) is 5.91 Å². The summed E-state index contributed by atoms with van der Waals surface area (Å²) in [4.78, 5) is 20.2. The fraction of sp³-hybridized carbons (Fsp3) is 0.412. The molecule has 0 radical (unpaired) electrons. The Bertz CT molecular complexity index is 823. The normalized spacial score (nSPS) is 16.7. The van der Waals surface area contributed by atoms with Crippen molar-refractivity contribution >= 4 is 23.2 Å². The second-order valence-corrected chi connectivity index (χ2v) is 6.14. The molecular formula is C17H21N9O. The number of nitrogens with zero attached hydrogens (tertiary/aromatic N) is 5. The van der Waals surface area contributed by atoms with Crippen molar-refractivity contribution in [3.05, 3.63) is 29.8 Å². The van der Waals surface area contributed by atoms with E-state index >= 15 is 0 Å². The Morgan fingerprint density at radius 3 is 2.89 bits per heavy atom. The molecule has 10 heteroatoms. The van der Waals surface area contributed by atoms with E-state index in [1.54, 1.807) is 13.1 Å². The zero-order chi connectivity index (χ0) is 19.1. The van der Waals surface area contributed by atoms with E-state index < -0.39 is 0 Å². The van der Waals surface area contributed by atoms with Crippen LogP contribution in [0.3, 0.4) is 0 Å². The third-order valence-electron chi connectivity index (χ3n) is 4.17. The van der Waals surface area contributed by atoms with Gasteiger partial charge in [0.05, 0.1) is 18.1 Å². The minimum Gasteiger partial charge on any atom is -0.379 e. The van der Waals surface area contributed by atoms with Gasteiger partial charge in [0.2, 0.25) is 0 Å². The molecule has 1 saturated heterocycles. The molecular weight excluding hydrogens is 346 g/mol. The Kier molecular flexibility index (Phi) is 6.06. The summed E-state index contributed by atoms with van der Waals surface area (Å²) in [5.41, 5.74) is 1.06. The van der Waals surface area contributed by atoms with Gasteiger partial charge in [-0.25, -0.2) is 9.97 Å². The lowest BCUT2D eigenvalue weighted by molar-refractivity contribution is 0.0958. The molecule has 0 spiro atoms. The first kappa shape index (κ1) is 18.5. The monoisotopic (exact) mass is 367 g/mol. The van der Waals surface area contributed by atoms with Crippen LogP contribution in [0.1, 0.15) is 35.4 Å². The number of rotatable bonds is 5. The number of aromatic nitrogens is 4. The fourth-order valence-electron chi connectivity index (χ4n) is 2.79. The van der Waals surface area contributed by atoms with Gasteiger partial charge < -0.3 is 21.3 Å². The summed E-state index contributed by atoms with van der Waals surface area (Å²) in [5.74, 6) is 0.542. The Hall–Kier alpha value is -3.32. The molecule has 1 amide bonds. The van der Waals surface area contributed by atoms with Crippen LogP contribution in [-0.4, -0.2) is 52.3 Å². The number of nitriles is 1. The third-order valence-corrected chi connectivity index (χ3v) is 4.17. The summed E-state index contributed by atoms with van der Waals surface area (Å²) in [6, 6.07) is 3.84. The van der Waals surface area contributed by atoms with Gasteiger partial charge in [-0.15, -0.1) is 10.2 Å². The Morgan fingerprint density at radius 1 is 1.26 bits per heavy atom. The first-order valence-electron chi connectivity index (χ1n) is 8.76. The number of hydrogen-bond acceptors (Lipinski definition) is 9. The van der Waals surface area contributed by atoms with Gasteiger partial charge in [-0.3, -0.25) is 4.79 Å². The van der Waals surface area contributed by atoms with Crippen molar-refractivity contribution in [1.82, 2.24) is 30.8 Å². The average molecular weight is 367 g/mol. The predicted molar refractivity (Wildman–Crippen MR) is 99.6 cm³/mol. The maximum atomic E-state index is 12.1. The topological polar surface area (TPSA) is 141 Å². The largest absolute Gasteiger partial charge is 0.379 e. The summed E-state index contributed by atoms with van der Waals surface area (Å²) >= 11 is 0. The van der Waals surface area contributed by atoms with Gasteiger partial charge >= 0.3 is 0 Å². The number of hydrogen-bond donors (Lipinski definition) is 4. The lowest BCUT2D eigenvalue weighted by atomic mass is 10.1. The quantitative estimate of drug-likeness (QED) is 0.603. The van der Waals surface area contributed by atoms with E-state index in [2.05, 4.69) is 41.4 Å². The number of nitrogens with one attached hydrogen (secondary N) is 4. The molecule has 0 aromatic carbocycles. The first-order valence-corrected chi connectivity index (χ1v) is 8.76. The standard InChI is InChI=1S/C17H21N9O/c1-19-17(27)16-13(23-11-4-2-3-5-20-8-11)6-14(25-26-16)24-15-10-21-12(7-18)9-22-15/h6,9-11,20H,2-5,8H2,1H3,(H,19,27)(H2,22,23,24,25). The highest BCUT2D eigenvalue weighted by Crippen LogP contribution is 2.21. The average Bonchev–Trinajstić information content (AvgIpc) is 2.97. The predicted octanol–water partition coefficient (Wildman–Crippen LogP) is 0.795. The SMILES string of the molecule is CNC(=O)c1nnc(Nc2cnc(C#N)cn2)cc1NC1CCCCNC1. The maximum Gasteiger partial charge on any atom is 0.273 e. The van der Waals surface area contributed by atoms with Crippen molar-refractivity contribution in [2.24, 2.45) is 0 Å². The molecule has 27 heavy (non-hydrogen) atoms. The van der Waals surface area contributed by atoms with E-state index in [0.717, 1.165) is 32.4 Å². The second kappa shape index (κ2) is 8.86.